The lowest BCUT2D eigenvalue weighted by Crippen LogP contribution is -2.49. The molecular formula is C12H23N5O4. The van der Waals surface area contributed by atoms with Crippen LogP contribution in [0.3, 0.4) is 0 Å². The average molecular weight is 301 g/mol. The van der Waals surface area contributed by atoms with Gasteiger partial charge in [-0.05, 0) is 13.3 Å². The molecule has 120 valence electrons. The van der Waals surface area contributed by atoms with Crippen molar-refractivity contribution < 1.29 is 20.1 Å². The number of nitrogens with zero attached hydrogens (tertiary/aromatic N) is 3. The van der Waals surface area contributed by atoms with Crippen LogP contribution < -0.4 is 15.4 Å². The Morgan fingerprint density at radius 1 is 1.00 bits per heavy atom. The van der Waals surface area contributed by atoms with E-state index in [-0.39, 0.29) is 12.0 Å². The van der Waals surface area contributed by atoms with E-state index in [0.717, 1.165) is 6.42 Å². The lowest BCUT2D eigenvalue weighted by atomic mass is 10.0. The zero-order chi connectivity index (χ0) is 15.7. The van der Waals surface area contributed by atoms with E-state index in [1.54, 1.807) is 0 Å². The van der Waals surface area contributed by atoms with Crippen molar-refractivity contribution in [1.82, 2.24) is 15.0 Å². The molecule has 1 rings (SSSR count). The van der Waals surface area contributed by atoms with Gasteiger partial charge in [-0.2, -0.15) is 15.0 Å². The molecule has 0 aliphatic heterocycles. The molecule has 0 radical (unpaired) electrons. The van der Waals surface area contributed by atoms with Gasteiger partial charge >= 0.3 is 6.01 Å². The van der Waals surface area contributed by atoms with Crippen molar-refractivity contribution in [3.8, 4) is 6.01 Å². The highest BCUT2D eigenvalue weighted by atomic mass is 16.5. The van der Waals surface area contributed by atoms with Gasteiger partial charge in [0.1, 0.15) is 5.54 Å². The maximum absolute atomic E-state index is 9.32. The number of hydrogen-bond acceptors (Lipinski definition) is 9. The van der Waals surface area contributed by atoms with Gasteiger partial charge in [0.25, 0.3) is 0 Å². The fourth-order valence-corrected chi connectivity index (χ4v) is 1.41. The van der Waals surface area contributed by atoms with E-state index in [1.807, 2.05) is 13.8 Å². The molecule has 1 heterocycles. The molecule has 9 nitrogen and oxygen atoms in total. The summed E-state index contributed by atoms with van der Waals surface area (Å²) in [5.74, 6) is 0.410. The number of ether oxygens (including phenoxy) is 1. The second kappa shape index (κ2) is 8.55. The second-order valence-corrected chi connectivity index (χ2v) is 4.52. The van der Waals surface area contributed by atoms with Crippen molar-refractivity contribution in [2.75, 3.05) is 43.6 Å². The third-order valence-electron chi connectivity index (χ3n) is 2.67. The third kappa shape index (κ3) is 4.96. The van der Waals surface area contributed by atoms with Crippen molar-refractivity contribution in [3.63, 3.8) is 0 Å². The molecule has 0 spiro atoms. The molecule has 0 aliphatic carbocycles. The van der Waals surface area contributed by atoms with Crippen LogP contribution in [0.5, 0.6) is 6.01 Å². The van der Waals surface area contributed by atoms with Crippen LogP contribution in [0.1, 0.15) is 20.3 Å². The van der Waals surface area contributed by atoms with Crippen molar-refractivity contribution in [1.29, 1.82) is 0 Å². The SMILES string of the molecule is CCCOc1nc(NCC)nc(NC(CO)(CO)CO)n1. The molecule has 0 aromatic carbocycles. The molecule has 0 saturated carbocycles. The minimum atomic E-state index is -1.31. The number of aliphatic hydroxyl groups excluding tert-OH is 3. The van der Waals surface area contributed by atoms with Gasteiger partial charge in [-0.3, -0.25) is 0 Å². The van der Waals surface area contributed by atoms with E-state index in [0.29, 0.717) is 19.1 Å². The first-order valence-electron chi connectivity index (χ1n) is 6.86. The third-order valence-corrected chi connectivity index (χ3v) is 2.67. The number of anilines is 2. The van der Waals surface area contributed by atoms with Crippen LogP contribution in [0.2, 0.25) is 0 Å². The summed E-state index contributed by atoms with van der Waals surface area (Å²) < 4.78 is 5.37. The van der Waals surface area contributed by atoms with Crippen molar-refractivity contribution >= 4 is 11.9 Å². The van der Waals surface area contributed by atoms with Crippen LogP contribution in [0.25, 0.3) is 0 Å². The predicted molar refractivity (Wildman–Crippen MR) is 77.4 cm³/mol. The standard InChI is InChI=1S/C12H23N5O4/c1-3-5-21-11-15-9(13-4-2)14-10(16-11)17-12(6-18,7-19)8-20/h18-20H,3-8H2,1-2H3,(H2,13,14,15,16,17). The number of rotatable bonds is 10. The summed E-state index contributed by atoms with van der Waals surface area (Å²) in [6.07, 6.45) is 0.804. The molecule has 21 heavy (non-hydrogen) atoms. The average Bonchev–Trinajstić information content (AvgIpc) is 2.51. The summed E-state index contributed by atoms with van der Waals surface area (Å²) in [6, 6.07) is 0.132. The smallest absolute Gasteiger partial charge is 0.323 e. The fourth-order valence-electron chi connectivity index (χ4n) is 1.41. The zero-order valence-corrected chi connectivity index (χ0v) is 12.3. The van der Waals surface area contributed by atoms with Crippen molar-refractivity contribution in [3.05, 3.63) is 0 Å². The normalized spacial score (nSPS) is 11.3. The largest absolute Gasteiger partial charge is 0.463 e. The highest BCUT2D eigenvalue weighted by molar-refractivity contribution is 5.38. The Morgan fingerprint density at radius 2 is 1.62 bits per heavy atom. The Morgan fingerprint density at radius 3 is 2.14 bits per heavy atom. The summed E-state index contributed by atoms with van der Waals surface area (Å²) >= 11 is 0. The summed E-state index contributed by atoms with van der Waals surface area (Å²) in [7, 11) is 0. The molecule has 0 saturated heterocycles. The van der Waals surface area contributed by atoms with Gasteiger partial charge in [-0.15, -0.1) is 0 Å². The summed E-state index contributed by atoms with van der Waals surface area (Å²) in [5.41, 5.74) is -1.31. The molecule has 1 aromatic rings. The van der Waals surface area contributed by atoms with Crippen LogP contribution in [-0.4, -0.2) is 68.8 Å². The quantitative estimate of drug-likeness (QED) is 0.377. The molecule has 5 N–H and O–H groups in total. The highest BCUT2D eigenvalue weighted by Gasteiger charge is 2.29. The van der Waals surface area contributed by atoms with Crippen LogP contribution in [0.4, 0.5) is 11.9 Å². The van der Waals surface area contributed by atoms with Gasteiger partial charge < -0.3 is 30.7 Å². The Kier molecular flexibility index (Phi) is 7.06. The van der Waals surface area contributed by atoms with Gasteiger partial charge in [0.2, 0.25) is 11.9 Å². The van der Waals surface area contributed by atoms with Crippen molar-refractivity contribution in [2.45, 2.75) is 25.8 Å². The Balaban J connectivity index is 3.00. The van der Waals surface area contributed by atoms with Crippen LogP contribution >= 0.6 is 0 Å². The first-order valence-corrected chi connectivity index (χ1v) is 6.86. The van der Waals surface area contributed by atoms with E-state index in [9.17, 15) is 15.3 Å². The van der Waals surface area contributed by atoms with Crippen LogP contribution in [-0.2, 0) is 0 Å². The van der Waals surface area contributed by atoms with Gasteiger partial charge in [0, 0.05) is 6.54 Å². The lowest BCUT2D eigenvalue weighted by Gasteiger charge is -2.28. The first kappa shape index (κ1) is 17.3. The minimum Gasteiger partial charge on any atom is -0.463 e. The molecule has 0 aliphatic rings. The lowest BCUT2D eigenvalue weighted by molar-refractivity contribution is 0.0827. The van der Waals surface area contributed by atoms with Gasteiger partial charge in [0.05, 0.1) is 26.4 Å². The second-order valence-electron chi connectivity index (χ2n) is 4.52. The van der Waals surface area contributed by atoms with E-state index < -0.39 is 25.4 Å². The van der Waals surface area contributed by atoms with Gasteiger partial charge in [-0.1, -0.05) is 6.92 Å². The minimum absolute atomic E-state index is 0.101. The first-order chi connectivity index (χ1) is 10.1. The fraction of sp³-hybridized carbons (Fsp3) is 0.750. The molecule has 0 atom stereocenters. The number of nitrogens with one attached hydrogen (secondary N) is 2. The number of hydrogen-bond donors (Lipinski definition) is 5. The number of aliphatic hydroxyl groups is 3. The summed E-state index contributed by atoms with van der Waals surface area (Å²) in [6.45, 7) is 3.49. The van der Waals surface area contributed by atoms with Gasteiger partial charge in [-0.25, -0.2) is 0 Å². The monoisotopic (exact) mass is 301 g/mol. The molecule has 0 unspecified atom stereocenters. The van der Waals surface area contributed by atoms with Crippen LogP contribution in [0.15, 0.2) is 0 Å². The van der Waals surface area contributed by atoms with E-state index in [2.05, 4.69) is 25.6 Å². The highest BCUT2D eigenvalue weighted by Crippen LogP contribution is 2.16. The Bertz CT molecular complexity index is 420. The molecule has 0 fully saturated rings. The van der Waals surface area contributed by atoms with E-state index >= 15 is 0 Å². The van der Waals surface area contributed by atoms with E-state index in [4.69, 9.17) is 4.74 Å². The van der Waals surface area contributed by atoms with Crippen molar-refractivity contribution in [2.24, 2.45) is 0 Å². The molecular weight excluding hydrogens is 278 g/mol. The zero-order valence-electron chi connectivity index (χ0n) is 12.3. The molecule has 1 aromatic heterocycles. The Hall–Kier alpha value is -1.71. The summed E-state index contributed by atoms with van der Waals surface area (Å²) in [4.78, 5) is 12.2. The molecule has 0 amide bonds. The molecule has 0 bridgehead atoms. The summed E-state index contributed by atoms with van der Waals surface area (Å²) in [5, 5.41) is 33.6. The predicted octanol–water partition coefficient (Wildman–Crippen LogP) is -0.780. The molecule has 9 heteroatoms. The van der Waals surface area contributed by atoms with E-state index in [1.165, 1.54) is 0 Å². The van der Waals surface area contributed by atoms with Gasteiger partial charge in [0.15, 0.2) is 0 Å². The number of aromatic nitrogens is 3. The topological polar surface area (TPSA) is 133 Å². The maximum atomic E-state index is 9.32. The van der Waals surface area contributed by atoms with Crippen LogP contribution in [0, 0.1) is 0 Å². The maximum Gasteiger partial charge on any atom is 0.323 e. The Labute approximate surface area is 123 Å².